The monoisotopic (exact) mass is 349 g/mol. The number of nitrogens with one attached hydrogen (secondary N) is 2. The van der Waals surface area contributed by atoms with Crippen LogP contribution in [0.2, 0.25) is 0 Å². The van der Waals surface area contributed by atoms with Gasteiger partial charge in [-0.1, -0.05) is 0 Å². The van der Waals surface area contributed by atoms with Gasteiger partial charge in [0.15, 0.2) is 0 Å². The largest absolute Gasteiger partial charge is 0.390 e. The predicted molar refractivity (Wildman–Crippen MR) is 98.2 cm³/mol. The van der Waals surface area contributed by atoms with E-state index >= 15 is 0 Å². The van der Waals surface area contributed by atoms with Crippen LogP contribution in [-0.4, -0.2) is 60.3 Å². The minimum absolute atomic E-state index is 0.127. The molecular weight excluding hydrogens is 314 g/mol. The number of hydrogen-bond donors (Lipinski definition) is 3. The summed E-state index contributed by atoms with van der Waals surface area (Å²) in [5, 5.41) is 17.6. The second kappa shape index (κ2) is 6.50. The molecule has 1 aliphatic heterocycles. The molecule has 1 saturated heterocycles. The standard InChI is InChI=1S/C20H35N3O2/c1-14(22-18(24)12-23(2)17-3-5-21-6-4-17)19-8-15-7-16(9-19)11-20(25,10-15)13-19/h14-17,21,25H,3-13H2,1-2H3,(H,22,24). The van der Waals surface area contributed by atoms with Crippen LogP contribution in [0, 0.1) is 17.3 Å². The van der Waals surface area contributed by atoms with E-state index in [9.17, 15) is 9.90 Å². The first-order chi connectivity index (χ1) is 11.9. The number of rotatable bonds is 5. The number of piperidine rings is 1. The molecular formula is C20H35N3O2. The first-order valence-electron chi connectivity index (χ1n) is 10.3. The third-order valence-corrected chi connectivity index (χ3v) is 7.70. The summed E-state index contributed by atoms with van der Waals surface area (Å²) in [7, 11) is 2.08. The van der Waals surface area contributed by atoms with Crippen molar-refractivity contribution in [1.82, 2.24) is 15.5 Å². The molecule has 5 aliphatic rings. The Morgan fingerprint density at radius 1 is 1.24 bits per heavy atom. The van der Waals surface area contributed by atoms with Gasteiger partial charge in [-0.25, -0.2) is 0 Å². The molecule has 142 valence electrons. The Morgan fingerprint density at radius 3 is 2.48 bits per heavy atom. The number of hydrogen-bond acceptors (Lipinski definition) is 4. The molecule has 5 heteroatoms. The van der Waals surface area contributed by atoms with Gasteiger partial charge in [0, 0.05) is 12.1 Å². The summed E-state index contributed by atoms with van der Waals surface area (Å²) in [6, 6.07) is 0.682. The van der Waals surface area contributed by atoms with E-state index in [1.165, 1.54) is 19.3 Å². The average molecular weight is 350 g/mol. The lowest BCUT2D eigenvalue weighted by Crippen LogP contribution is -2.62. The van der Waals surface area contributed by atoms with Gasteiger partial charge in [0.25, 0.3) is 0 Å². The second-order valence-corrected chi connectivity index (χ2v) is 9.73. The van der Waals surface area contributed by atoms with Crippen LogP contribution >= 0.6 is 0 Å². The number of likely N-dealkylation sites (N-methyl/N-ethyl adjacent to an activating group) is 1. The summed E-state index contributed by atoms with van der Waals surface area (Å²) in [6.07, 6.45) is 8.80. The average Bonchev–Trinajstić information content (AvgIpc) is 2.53. The fraction of sp³-hybridized carbons (Fsp3) is 0.950. The Balaban J connectivity index is 1.35. The van der Waals surface area contributed by atoms with E-state index in [0.717, 1.165) is 45.2 Å². The Hall–Kier alpha value is -0.650. The van der Waals surface area contributed by atoms with Crippen molar-refractivity contribution in [3.63, 3.8) is 0 Å². The Kier molecular flexibility index (Phi) is 4.62. The van der Waals surface area contributed by atoms with Gasteiger partial charge in [-0.15, -0.1) is 0 Å². The molecule has 5 nitrogen and oxygen atoms in total. The topological polar surface area (TPSA) is 64.6 Å². The molecule has 0 aromatic carbocycles. The SMILES string of the molecule is CC(NC(=O)CN(C)C1CCNCC1)C12CC3CC(CC(O)(C3)C1)C2. The minimum atomic E-state index is -0.449. The molecule has 5 fully saturated rings. The van der Waals surface area contributed by atoms with Crippen molar-refractivity contribution >= 4 is 5.91 Å². The van der Waals surface area contributed by atoms with Crippen molar-refractivity contribution in [2.24, 2.45) is 17.3 Å². The molecule has 4 aliphatic carbocycles. The fourth-order valence-corrected chi connectivity index (χ4v) is 6.83. The van der Waals surface area contributed by atoms with Gasteiger partial charge in [0.1, 0.15) is 0 Å². The van der Waals surface area contributed by atoms with E-state index in [2.05, 4.69) is 29.5 Å². The van der Waals surface area contributed by atoms with Gasteiger partial charge in [-0.05, 0) is 95.7 Å². The number of aliphatic hydroxyl groups is 1. The maximum Gasteiger partial charge on any atom is 0.234 e. The van der Waals surface area contributed by atoms with Crippen molar-refractivity contribution in [1.29, 1.82) is 0 Å². The van der Waals surface area contributed by atoms with Crippen LogP contribution in [0.25, 0.3) is 0 Å². The van der Waals surface area contributed by atoms with Crippen molar-refractivity contribution < 1.29 is 9.90 Å². The molecule has 4 saturated carbocycles. The van der Waals surface area contributed by atoms with E-state index < -0.39 is 5.60 Å². The van der Waals surface area contributed by atoms with E-state index in [0.29, 0.717) is 24.4 Å². The molecule has 1 heterocycles. The zero-order valence-electron chi connectivity index (χ0n) is 15.9. The van der Waals surface area contributed by atoms with E-state index in [-0.39, 0.29) is 17.4 Å². The van der Waals surface area contributed by atoms with Crippen LogP contribution in [0.15, 0.2) is 0 Å². The smallest absolute Gasteiger partial charge is 0.234 e. The third kappa shape index (κ3) is 3.47. The van der Waals surface area contributed by atoms with Gasteiger partial charge in [-0.2, -0.15) is 0 Å². The molecule has 3 unspecified atom stereocenters. The molecule has 0 aromatic rings. The summed E-state index contributed by atoms with van der Waals surface area (Å²) >= 11 is 0. The molecule has 1 amide bonds. The molecule has 5 rings (SSSR count). The minimum Gasteiger partial charge on any atom is -0.390 e. The lowest BCUT2D eigenvalue weighted by atomic mass is 9.46. The highest BCUT2D eigenvalue weighted by Gasteiger charge is 2.59. The van der Waals surface area contributed by atoms with Crippen LogP contribution in [-0.2, 0) is 4.79 Å². The summed E-state index contributed by atoms with van der Waals surface area (Å²) in [6.45, 7) is 4.77. The van der Waals surface area contributed by atoms with Gasteiger partial charge < -0.3 is 15.7 Å². The highest BCUT2D eigenvalue weighted by molar-refractivity contribution is 5.78. The van der Waals surface area contributed by atoms with E-state index in [4.69, 9.17) is 0 Å². The molecule has 0 radical (unpaired) electrons. The quantitative estimate of drug-likeness (QED) is 0.704. The maximum atomic E-state index is 12.6. The molecule has 3 atom stereocenters. The first kappa shape index (κ1) is 17.7. The molecule has 0 aromatic heterocycles. The Bertz CT molecular complexity index is 503. The molecule has 0 spiro atoms. The van der Waals surface area contributed by atoms with E-state index in [1.807, 2.05) is 0 Å². The highest BCUT2D eigenvalue weighted by atomic mass is 16.3. The van der Waals surface area contributed by atoms with Crippen LogP contribution in [0.5, 0.6) is 0 Å². The first-order valence-corrected chi connectivity index (χ1v) is 10.3. The number of carbonyl (C=O) groups is 1. The summed E-state index contributed by atoms with van der Waals surface area (Å²) in [4.78, 5) is 14.9. The third-order valence-electron chi connectivity index (χ3n) is 7.70. The zero-order valence-corrected chi connectivity index (χ0v) is 15.9. The van der Waals surface area contributed by atoms with Gasteiger partial charge in [0.2, 0.25) is 5.91 Å². The number of nitrogens with zero attached hydrogens (tertiary/aromatic N) is 1. The molecule has 4 bridgehead atoms. The lowest BCUT2D eigenvalue weighted by molar-refractivity contribution is -0.173. The molecule has 3 N–H and O–H groups in total. The zero-order chi connectivity index (χ0) is 17.7. The van der Waals surface area contributed by atoms with Gasteiger partial charge in [0.05, 0.1) is 12.1 Å². The lowest BCUT2D eigenvalue weighted by Gasteiger charge is -2.62. The van der Waals surface area contributed by atoms with Crippen molar-refractivity contribution in [2.75, 3.05) is 26.7 Å². The van der Waals surface area contributed by atoms with Gasteiger partial charge in [-0.3, -0.25) is 9.69 Å². The highest BCUT2D eigenvalue weighted by Crippen LogP contribution is 2.62. The Morgan fingerprint density at radius 2 is 1.88 bits per heavy atom. The summed E-state index contributed by atoms with van der Waals surface area (Å²) in [5.41, 5.74) is -0.323. The van der Waals surface area contributed by atoms with Crippen molar-refractivity contribution in [2.45, 2.75) is 76.0 Å². The summed E-state index contributed by atoms with van der Waals surface area (Å²) in [5.74, 6) is 1.49. The van der Waals surface area contributed by atoms with Crippen LogP contribution in [0.3, 0.4) is 0 Å². The van der Waals surface area contributed by atoms with Crippen molar-refractivity contribution in [3.05, 3.63) is 0 Å². The second-order valence-electron chi connectivity index (χ2n) is 9.73. The van der Waals surface area contributed by atoms with E-state index in [1.54, 1.807) is 0 Å². The number of carbonyl (C=O) groups excluding carboxylic acids is 1. The van der Waals surface area contributed by atoms with Crippen LogP contribution in [0.1, 0.15) is 58.3 Å². The maximum absolute atomic E-state index is 12.6. The fourth-order valence-electron chi connectivity index (χ4n) is 6.83. The normalized spacial score (nSPS) is 41.9. The Labute approximate surface area is 151 Å². The summed E-state index contributed by atoms with van der Waals surface area (Å²) < 4.78 is 0. The predicted octanol–water partition coefficient (Wildman–Crippen LogP) is 1.51. The number of amides is 1. The molecule has 25 heavy (non-hydrogen) atoms. The van der Waals surface area contributed by atoms with Crippen molar-refractivity contribution in [3.8, 4) is 0 Å². The van der Waals surface area contributed by atoms with Crippen LogP contribution in [0.4, 0.5) is 0 Å². The van der Waals surface area contributed by atoms with Gasteiger partial charge >= 0.3 is 0 Å². The van der Waals surface area contributed by atoms with Crippen LogP contribution < -0.4 is 10.6 Å².